The molecule has 3 aromatic rings. The maximum Gasteiger partial charge on any atom is 0.347 e. The van der Waals surface area contributed by atoms with Crippen LogP contribution in [0.4, 0.5) is 0 Å². The van der Waals surface area contributed by atoms with E-state index in [1.807, 2.05) is 48.0 Å². The van der Waals surface area contributed by atoms with Crippen LogP contribution in [0.1, 0.15) is 48.1 Å². The van der Waals surface area contributed by atoms with Crippen molar-refractivity contribution in [1.29, 1.82) is 0 Å². The van der Waals surface area contributed by atoms with Crippen LogP contribution in [0.15, 0.2) is 64.4 Å². The lowest BCUT2D eigenvalue weighted by Gasteiger charge is -2.22. The van der Waals surface area contributed by atoms with E-state index in [0.717, 1.165) is 16.7 Å². The summed E-state index contributed by atoms with van der Waals surface area (Å²) in [6, 6.07) is 15.0. The smallest absolute Gasteiger partial charge is 0.347 e. The molecular weight excluding hydrogens is 482 g/mol. The van der Waals surface area contributed by atoms with Crippen LogP contribution in [-0.4, -0.2) is 36.5 Å². The number of esters is 1. The number of oxime groups is 1. The third-order valence-electron chi connectivity index (χ3n) is 5.15. The van der Waals surface area contributed by atoms with Crippen molar-refractivity contribution in [2.45, 2.75) is 39.4 Å². The third-order valence-corrected chi connectivity index (χ3v) is 5.88. The number of aryl methyl sites for hydroxylation is 1. The lowest BCUT2D eigenvalue weighted by molar-refractivity contribution is -0.148. The Morgan fingerprint density at radius 1 is 1.17 bits per heavy atom. The molecule has 1 atom stereocenters. The highest BCUT2D eigenvalue weighted by molar-refractivity contribution is 7.07. The summed E-state index contributed by atoms with van der Waals surface area (Å²) in [6.07, 6.45) is 1.14. The molecule has 3 rings (SSSR count). The van der Waals surface area contributed by atoms with Gasteiger partial charge in [-0.1, -0.05) is 29.4 Å². The highest BCUT2D eigenvalue weighted by Gasteiger charge is 2.19. The summed E-state index contributed by atoms with van der Waals surface area (Å²) in [4.78, 5) is 27.9. The summed E-state index contributed by atoms with van der Waals surface area (Å²) >= 11 is 1.59. The molecule has 1 N–H and O–H groups in total. The third kappa shape index (κ3) is 8.42. The number of benzene rings is 2. The minimum Gasteiger partial charge on any atom is -0.489 e. The molecule has 0 bridgehead atoms. The number of thiophene rings is 1. The molecule has 0 saturated heterocycles. The Balaban J connectivity index is 1.85. The summed E-state index contributed by atoms with van der Waals surface area (Å²) < 4.78 is 17.1. The normalized spacial score (nSPS) is 11.7. The minimum absolute atomic E-state index is 0.0561. The number of carboxylic acid groups (broad SMARTS) is 1. The number of nitrogens with zero attached hydrogens (tertiary/aromatic N) is 1. The Morgan fingerprint density at radius 3 is 2.72 bits per heavy atom. The van der Waals surface area contributed by atoms with Crippen molar-refractivity contribution in [1.82, 2.24) is 0 Å². The first kappa shape index (κ1) is 26.7. The van der Waals surface area contributed by atoms with Gasteiger partial charge in [0.1, 0.15) is 24.2 Å². The van der Waals surface area contributed by atoms with Crippen molar-refractivity contribution in [3.63, 3.8) is 0 Å². The molecule has 1 unspecified atom stereocenters. The van der Waals surface area contributed by atoms with E-state index in [0.29, 0.717) is 23.7 Å². The van der Waals surface area contributed by atoms with E-state index >= 15 is 0 Å². The van der Waals surface area contributed by atoms with Crippen LogP contribution in [0, 0.1) is 6.92 Å². The van der Waals surface area contributed by atoms with Crippen molar-refractivity contribution in [3.8, 4) is 11.5 Å². The summed E-state index contributed by atoms with van der Waals surface area (Å²) in [6.45, 7) is 4.01. The van der Waals surface area contributed by atoms with Gasteiger partial charge in [-0.3, -0.25) is 4.79 Å². The molecule has 0 saturated carbocycles. The van der Waals surface area contributed by atoms with Gasteiger partial charge in [0.25, 0.3) is 0 Å². The van der Waals surface area contributed by atoms with Gasteiger partial charge in [-0.15, -0.1) is 0 Å². The molecule has 0 amide bonds. The number of carbonyl (C=O) groups excluding carboxylic acids is 1. The second-order valence-electron chi connectivity index (χ2n) is 7.83. The molecule has 0 radical (unpaired) electrons. The van der Waals surface area contributed by atoms with Crippen LogP contribution >= 0.6 is 11.3 Å². The number of aliphatic carboxylic acids is 1. The monoisotopic (exact) mass is 511 g/mol. The highest BCUT2D eigenvalue weighted by Crippen LogP contribution is 2.32. The van der Waals surface area contributed by atoms with E-state index in [2.05, 4.69) is 5.16 Å². The average molecular weight is 512 g/mol. The van der Waals surface area contributed by atoms with Gasteiger partial charge in [-0.2, -0.15) is 11.3 Å². The fourth-order valence-electron chi connectivity index (χ4n) is 3.38. The number of hydrogen-bond acceptors (Lipinski definition) is 8. The first-order chi connectivity index (χ1) is 17.5. The number of carbonyl (C=O) groups is 2. The number of hydrogen-bond donors (Lipinski definition) is 1. The Bertz CT molecular complexity index is 1160. The van der Waals surface area contributed by atoms with E-state index in [1.165, 1.54) is 6.21 Å². The quantitative estimate of drug-likeness (QED) is 0.172. The molecule has 0 aliphatic rings. The molecule has 9 heteroatoms. The number of ether oxygens (including phenoxy) is 3. The zero-order valence-electron chi connectivity index (χ0n) is 20.2. The second-order valence-corrected chi connectivity index (χ2v) is 8.61. The van der Waals surface area contributed by atoms with Crippen molar-refractivity contribution in [3.05, 3.63) is 81.5 Å². The predicted molar refractivity (Wildman–Crippen MR) is 137 cm³/mol. The fraction of sp³-hybridized carbons (Fsp3) is 0.296. The Kier molecular flexibility index (Phi) is 10.3. The van der Waals surface area contributed by atoms with Crippen molar-refractivity contribution < 1.29 is 33.7 Å². The van der Waals surface area contributed by atoms with Crippen LogP contribution in [0.5, 0.6) is 11.5 Å². The van der Waals surface area contributed by atoms with Gasteiger partial charge in [0.15, 0.2) is 0 Å². The van der Waals surface area contributed by atoms with Crippen LogP contribution in [-0.2, 0) is 25.8 Å². The van der Waals surface area contributed by atoms with Gasteiger partial charge in [0.2, 0.25) is 6.61 Å². The predicted octanol–water partition coefficient (Wildman–Crippen LogP) is 5.53. The van der Waals surface area contributed by atoms with Crippen molar-refractivity contribution in [2.75, 3.05) is 13.2 Å². The molecule has 2 aromatic carbocycles. The molecule has 1 heterocycles. The van der Waals surface area contributed by atoms with Gasteiger partial charge >= 0.3 is 11.9 Å². The van der Waals surface area contributed by atoms with Gasteiger partial charge in [0, 0.05) is 18.1 Å². The fourth-order valence-corrected chi connectivity index (χ4v) is 4.03. The topological polar surface area (TPSA) is 104 Å². The van der Waals surface area contributed by atoms with Crippen molar-refractivity contribution >= 4 is 29.5 Å². The largest absolute Gasteiger partial charge is 0.489 e. The van der Waals surface area contributed by atoms with Crippen LogP contribution in [0.2, 0.25) is 0 Å². The molecule has 0 fully saturated rings. The molecule has 0 spiro atoms. The molecule has 0 aliphatic carbocycles. The van der Waals surface area contributed by atoms with Gasteiger partial charge in [-0.25, -0.2) is 4.79 Å². The van der Waals surface area contributed by atoms with Gasteiger partial charge in [-0.05, 0) is 65.9 Å². The van der Waals surface area contributed by atoms with Crippen molar-refractivity contribution in [2.24, 2.45) is 5.16 Å². The standard InChI is InChI=1S/C27H29NO7S/c1-3-32-27(31)17-34-28-15-21-8-9-22(33-16-20-12-13-36-18-20)14-25(21)35-24(10-11-26(29)30)23-7-5-4-6-19(23)2/h4-9,12-15,18,24H,3,10-11,16-17H2,1-2H3,(H,29,30). The summed E-state index contributed by atoms with van der Waals surface area (Å²) in [7, 11) is 0. The molecular formula is C27H29NO7S. The lowest BCUT2D eigenvalue weighted by atomic mass is 9.99. The Morgan fingerprint density at radius 2 is 2.00 bits per heavy atom. The van der Waals surface area contributed by atoms with E-state index < -0.39 is 18.0 Å². The zero-order valence-corrected chi connectivity index (χ0v) is 21.0. The Labute approximate surface area is 214 Å². The van der Waals surface area contributed by atoms with Crippen LogP contribution in [0.3, 0.4) is 0 Å². The second kappa shape index (κ2) is 13.9. The minimum atomic E-state index is -0.904. The molecule has 190 valence electrons. The Hall–Kier alpha value is -3.85. The number of rotatable bonds is 14. The SMILES string of the molecule is CCOC(=O)CON=Cc1ccc(OCc2ccsc2)cc1OC(CCC(=O)O)c1ccccc1C. The van der Waals surface area contributed by atoms with E-state index in [1.54, 1.807) is 36.5 Å². The molecule has 0 aliphatic heterocycles. The molecule has 36 heavy (non-hydrogen) atoms. The van der Waals surface area contributed by atoms with E-state index in [-0.39, 0.29) is 26.1 Å². The first-order valence-electron chi connectivity index (χ1n) is 11.5. The summed E-state index contributed by atoms with van der Waals surface area (Å²) in [5, 5.41) is 17.2. The number of carboxylic acids is 1. The van der Waals surface area contributed by atoms with Gasteiger partial charge in [0.05, 0.1) is 12.8 Å². The molecule has 1 aromatic heterocycles. The maximum absolute atomic E-state index is 11.5. The average Bonchev–Trinajstić information content (AvgIpc) is 3.38. The van der Waals surface area contributed by atoms with Gasteiger partial charge < -0.3 is 24.2 Å². The lowest BCUT2D eigenvalue weighted by Crippen LogP contribution is -2.13. The van der Waals surface area contributed by atoms with E-state index in [9.17, 15) is 14.7 Å². The summed E-state index contributed by atoms with van der Waals surface area (Å²) in [5.74, 6) is -0.390. The van der Waals surface area contributed by atoms with E-state index in [4.69, 9.17) is 19.0 Å². The van der Waals surface area contributed by atoms with Crippen LogP contribution in [0.25, 0.3) is 0 Å². The van der Waals surface area contributed by atoms with Crippen LogP contribution < -0.4 is 9.47 Å². The first-order valence-corrected chi connectivity index (χ1v) is 12.4. The highest BCUT2D eigenvalue weighted by atomic mass is 32.1. The maximum atomic E-state index is 11.5. The summed E-state index contributed by atoms with van der Waals surface area (Å²) in [5.41, 5.74) is 3.52. The molecule has 8 nitrogen and oxygen atoms in total. The zero-order chi connectivity index (χ0) is 25.8.